The monoisotopic (exact) mass is 375 g/mol. The van der Waals surface area contributed by atoms with Crippen LogP contribution < -0.4 is 0 Å². The van der Waals surface area contributed by atoms with Crippen LogP contribution in [0.5, 0.6) is 0 Å². The molecule has 5 aromatic rings. The lowest BCUT2D eigenvalue weighted by molar-refractivity contribution is 0.644. The van der Waals surface area contributed by atoms with E-state index in [0.29, 0.717) is 5.92 Å². The van der Waals surface area contributed by atoms with Crippen LogP contribution in [0.25, 0.3) is 43.6 Å². The molecular formula is C28H25N. The van der Waals surface area contributed by atoms with Gasteiger partial charge in [-0.15, -0.1) is 0 Å². The van der Waals surface area contributed by atoms with E-state index in [1.165, 1.54) is 49.0 Å². The van der Waals surface area contributed by atoms with Crippen LogP contribution in [0, 0.1) is 12.8 Å². The number of hydrogen-bond acceptors (Lipinski definition) is 1. The third-order valence-electron chi connectivity index (χ3n) is 5.88. The van der Waals surface area contributed by atoms with Crippen LogP contribution in [-0.4, -0.2) is 4.98 Å². The quantitative estimate of drug-likeness (QED) is 0.294. The van der Waals surface area contributed by atoms with Gasteiger partial charge in [0, 0.05) is 11.8 Å². The van der Waals surface area contributed by atoms with Crippen molar-refractivity contribution < 1.29 is 0 Å². The Morgan fingerprint density at radius 2 is 1.24 bits per heavy atom. The molecule has 29 heavy (non-hydrogen) atoms. The van der Waals surface area contributed by atoms with Crippen LogP contribution in [-0.2, 0) is 6.42 Å². The summed E-state index contributed by atoms with van der Waals surface area (Å²) in [6, 6.07) is 26.5. The average Bonchev–Trinajstić information content (AvgIpc) is 2.75. The van der Waals surface area contributed by atoms with Gasteiger partial charge in [0.1, 0.15) is 0 Å². The summed E-state index contributed by atoms with van der Waals surface area (Å²) >= 11 is 0. The van der Waals surface area contributed by atoms with Crippen LogP contribution in [0.4, 0.5) is 0 Å². The second kappa shape index (κ2) is 7.00. The van der Waals surface area contributed by atoms with Gasteiger partial charge in [-0.2, -0.15) is 0 Å². The summed E-state index contributed by atoms with van der Waals surface area (Å²) in [7, 11) is 0. The van der Waals surface area contributed by atoms with Crippen molar-refractivity contribution in [2.75, 3.05) is 0 Å². The minimum atomic E-state index is 0.635. The Kier molecular flexibility index (Phi) is 4.32. The molecule has 0 saturated heterocycles. The molecule has 0 amide bonds. The fraction of sp³-hybridized carbons (Fsp3) is 0.179. The maximum Gasteiger partial charge on any atom is 0.0705 e. The first-order chi connectivity index (χ1) is 14.1. The van der Waals surface area contributed by atoms with E-state index in [9.17, 15) is 0 Å². The van der Waals surface area contributed by atoms with Crippen molar-refractivity contribution in [3.8, 4) is 11.3 Å². The minimum absolute atomic E-state index is 0.635. The van der Waals surface area contributed by atoms with Gasteiger partial charge in [0.15, 0.2) is 0 Å². The molecule has 0 aliphatic rings. The summed E-state index contributed by atoms with van der Waals surface area (Å²) in [6.07, 6.45) is 3.11. The number of fused-ring (bicyclic) bond motifs is 6. The van der Waals surface area contributed by atoms with E-state index in [-0.39, 0.29) is 0 Å². The molecule has 0 aliphatic heterocycles. The minimum Gasteiger partial charge on any atom is -0.256 e. The third-order valence-corrected chi connectivity index (χ3v) is 5.88. The SMILES string of the molecule is Cc1cnc(-c2ccc3c4ccccc4c4ccccc4c3c2)cc1CC(C)C. The zero-order chi connectivity index (χ0) is 20.0. The largest absolute Gasteiger partial charge is 0.256 e. The predicted octanol–water partition coefficient (Wildman–Crippen LogP) is 7.72. The average molecular weight is 376 g/mol. The summed E-state index contributed by atoms with van der Waals surface area (Å²) < 4.78 is 0. The molecule has 1 nitrogen and oxygen atoms in total. The lowest BCUT2D eigenvalue weighted by Gasteiger charge is -2.13. The number of nitrogens with zero attached hydrogens (tertiary/aromatic N) is 1. The van der Waals surface area contributed by atoms with Crippen molar-refractivity contribution in [2.45, 2.75) is 27.2 Å². The molecule has 4 aromatic carbocycles. The van der Waals surface area contributed by atoms with Crippen molar-refractivity contribution in [1.82, 2.24) is 4.98 Å². The van der Waals surface area contributed by atoms with Gasteiger partial charge in [0.25, 0.3) is 0 Å². The van der Waals surface area contributed by atoms with E-state index in [1.807, 2.05) is 6.20 Å². The number of benzene rings is 4. The van der Waals surface area contributed by atoms with E-state index in [2.05, 4.69) is 93.6 Å². The molecule has 142 valence electrons. The Balaban J connectivity index is 1.78. The summed E-state index contributed by atoms with van der Waals surface area (Å²) in [5.41, 5.74) is 4.92. The van der Waals surface area contributed by atoms with Crippen LogP contribution in [0.1, 0.15) is 25.0 Å². The van der Waals surface area contributed by atoms with Gasteiger partial charge >= 0.3 is 0 Å². The number of rotatable bonds is 3. The highest BCUT2D eigenvalue weighted by molar-refractivity contribution is 6.25. The third kappa shape index (κ3) is 3.07. The smallest absolute Gasteiger partial charge is 0.0705 e. The van der Waals surface area contributed by atoms with Crippen molar-refractivity contribution in [3.05, 3.63) is 90.1 Å². The van der Waals surface area contributed by atoms with Gasteiger partial charge in [0.05, 0.1) is 5.69 Å². The van der Waals surface area contributed by atoms with Crippen LogP contribution in [0.2, 0.25) is 0 Å². The fourth-order valence-corrected chi connectivity index (χ4v) is 4.45. The zero-order valence-corrected chi connectivity index (χ0v) is 17.2. The molecule has 0 N–H and O–H groups in total. The Bertz CT molecular complexity index is 1330. The number of pyridine rings is 1. The normalized spacial score (nSPS) is 11.7. The summed E-state index contributed by atoms with van der Waals surface area (Å²) in [5, 5.41) is 7.84. The maximum atomic E-state index is 4.77. The summed E-state index contributed by atoms with van der Waals surface area (Å²) in [5.74, 6) is 0.635. The van der Waals surface area contributed by atoms with Gasteiger partial charge in [-0.25, -0.2) is 0 Å². The lowest BCUT2D eigenvalue weighted by Crippen LogP contribution is -1.99. The lowest BCUT2D eigenvalue weighted by atomic mass is 9.92. The Morgan fingerprint density at radius 1 is 0.690 bits per heavy atom. The highest BCUT2D eigenvalue weighted by Crippen LogP contribution is 2.36. The van der Waals surface area contributed by atoms with Crippen molar-refractivity contribution in [2.24, 2.45) is 5.92 Å². The number of aromatic nitrogens is 1. The van der Waals surface area contributed by atoms with Crippen molar-refractivity contribution in [1.29, 1.82) is 0 Å². The molecule has 0 spiro atoms. The van der Waals surface area contributed by atoms with Gasteiger partial charge < -0.3 is 0 Å². The molecule has 1 aromatic heterocycles. The summed E-state index contributed by atoms with van der Waals surface area (Å²) in [4.78, 5) is 4.77. The van der Waals surface area contributed by atoms with E-state index >= 15 is 0 Å². The van der Waals surface area contributed by atoms with E-state index < -0.39 is 0 Å². The summed E-state index contributed by atoms with van der Waals surface area (Å²) in [6.45, 7) is 6.70. The Hall–Kier alpha value is -3.19. The van der Waals surface area contributed by atoms with Gasteiger partial charge in [-0.05, 0) is 74.8 Å². The molecule has 0 fully saturated rings. The highest BCUT2D eigenvalue weighted by atomic mass is 14.7. The van der Waals surface area contributed by atoms with Crippen LogP contribution in [0.15, 0.2) is 79.0 Å². The molecule has 0 saturated carbocycles. The molecule has 0 radical (unpaired) electrons. The van der Waals surface area contributed by atoms with Gasteiger partial charge in [0.2, 0.25) is 0 Å². The molecule has 0 bridgehead atoms. The Morgan fingerprint density at radius 3 is 1.83 bits per heavy atom. The standard InChI is InChI=1S/C28H25N/c1-18(2)14-21-16-28(29-17-19(21)3)20-12-13-26-24-10-5-4-8-22(24)23-9-6-7-11-25(23)27(26)15-20/h4-13,15-18H,14H2,1-3H3. The number of hydrogen-bond donors (Lipinski definition) is 0. The molecule has 5 rings (SSSR count). The molecule has 0 aliphatic carbocycles. The first-order valence-electron chi connectivity index (χ1n) is 10.4. The second-order valence-electron chi connectivity index (χ2n) is 8.45. The van der Waals surface area contributed by atoms with Crippen LogP contribution in [0.3, 0.4) is 0 Å². The number of aryl methyl sites for hydroxylation is 1. The molecule has 0 unspecified atom stereocenters. The van der Waals surface area contributed by atoms with Crippen molar-refractivity contribution in [3.63, 3.8) is 0 Å². The van der Waals surface area contributed by atoms with E-state index in [0.717, 1.165) is 12.1 Å². The fourth-order valence-electron chi connectivity index (χ4n) is 4.45. The Labute approximate surface area is 172 Å². The molecule has 1 heteroatoms. The molecular weight excluding hydrogens is 350 g/mol. The second-order valence-corrected chi connectivity index (χ2v) is 8.45. The van der Waals surface area contributed by atoms with Crippen molar-refractivity contribution >= 4 is 32.3 Å². The predicted molar refractivity (Wildman–Crippen MR) is 125 cm³/mol. The van der Waals surface area contributed by atoms with Gasteiger partial charge in [-0.1, -0.05) is 74.5 Å². The van der Waals surface area contributed by atoms with Gasteiger partial charge in [-0.3, -0.25) is 4.98 Å². The zero-order valence-electron chi connectivity index (χ0n) is 17.2. The van der Waals surface area contributed by atoms with Crippen LogP contribution >= 0.6 is 0 Å². The molecule has 0 atom stereocenters. The topological polar surface area (TPSA) is 12.9 Å². The van der Waals surface area contributed by atoms with E-state index in [4.69, 9.17) is 4.98 Å². The van der Waals surface area contributed by atoms with E-state index in [1.54, 1.807) is 0 Å². The highest BCUT2D eigenvalue weighted by Gasteiger charge is 2.11. The molecule has 1 heterocycles. The maximum absolute atomic E-state index is 4.77. The first kappa shape index (κ1) is 17.9. The first-order valence-corrected chi connectivity index (χ1v) is 10.4.